The summed E-state index contributed by atoms with van der Waals surface area (Å²) in [6.07, 6.45) is -2.02. The Balaban J connectivity index is 2.26. The lowest BCUT2D eigenvalue weighted by molar-refractivity contribution is -0.371. The van der Waals surface area contributed by atoms with Crippen LogP contribution in [0, 0.1) is 16.7 Å². The van der Waals surface area contributed by atoms with Crippen LogP contribution in [0.25, 0.3) is 0 Å². The molecule has 11 heteroatoms. The standard InChI is InChI=1S/C26H39NO10/c1-8-23(5)11-16(30)26(33)24(6)15(29)9-10-22(3,4)20(24)19(36-18(32)13-34-17(31)12-27)21(35-14(2)28)25(26,7)37-23/h8,15,19-21,29,33H,1,9-13,27H2,2-7H3/t15-,19-,20-,21-,23-,24-,25+,26-/m0/s1. The van der Waals surface area contributed by atoms with Gasteiger partial charge >= 0.3 is 17.9 Å². The fraction of sp³-hybridized carbons (Fsp3) is 0.769. The zero-order valence-electron chi connectivity index (χ0n) is 22.4. The first kappa shape index (κ1) is 29.2. The van der Waals surface area contributed by atoms with Crippen LogP contribution in [0.15, 0.2) is 12.7 Å². The molecule has 0 radical (unpaired) electrons. The maximum absolute atomic E-state index is 13.9. The first-order valence-corrected chi connectivity index (χ1v) is 12.4. The number of Topliss-reactive ketones (excluding diaryl/α,β-unsaturated/α-hetero) is 1. The lowest BCUT2D eigenvalue weighted by Crippen LogP contribution is -2.87. The molecule has 0 aromatic rings. The van der Waals surface area contributed by atoms with E-state index < -0.39 is 88.7 Å². The maximum atomic E-state index is 13.9. The van der Waals surface area contributed by atoms with Crippen molar-refractivity contribution in [1.29, 1.82) is 0 Å². The molecular weight excluding hydrogens is 486 g/mol. The highest BCUT2D eigenvalue weighted by atomic mass is 16.6. The van der Waals surface area contributed by atoms with Crippen LogP contribution in [-0.2, 0) is 38.1 Å². The monoisotopic (exact) mass is 525 g/mol. The summed E-state index contributed by atoms with van der Waals surface area (Å²) in [5.41, 5.74) is -2.60. The Kier molecular flexibility index (Phi) is 7.46. The van der Waals surface area contributed by atoms with Crippen LogP contribution in [0.5, 0.6) is 0 Å². The molecule has 1 saturated heterocycles. The molecule has 0 aromatic carbocycles. The van der Waals surface area contributed by atoms with Gasteiger partial charge in [-0.25, -0.2) is 4.79 Å². The molecule has 8 atom stereocenters. The highest BCUT2D eigenvalue weighted by Gasteiger charge is 2.82. The van der Waals surface area contributed by atoms with Gasteiger partial charge in [0.25, 0.3) is 0 Å². The summed E-state index contributed by atoms with van der Waals surface area (Å²) in [6.45, 7) is 12.1. The summed E-state index contributed by atoms with van der Waals surface area (Å²) in [7, 11) is 0. The van der Waals surface area contributed by atoms with Crippen molar-refractivity contribution in [2.75, 3.05) is 13.2 Å². The first-order valence-electron chi connectivity index (χ1n) is 12.4. The number of carbonyl (C=O) groups is 4. The number of ketones is 1. The largest absolute Gasteiger partial charge is 0.455 e. The van der Waals surface area contributed by atoms with Gasteiger partial charge in [-0.05, 0) is 32.1 Å². The number of aliphatic hydroxyl groups excluding tert-OH is 1. The molecule has 0 amide bonds. The summed E-state index contributed by atoms with van der Waals surface area (Å²) >= 11 is 0. The number of carbonyl (C=O) groups excluding carboxylic acids is 4. The number of hydrogen-bond donors (Lipinski definition) is 3. The summed E-state index contributed by atoms with van der Waals surface area (Å²) < 4.78 is 22.8. The first-order chi connectivity index (χ1) is 16.9. The minimum absolute atomic E-state index is 0.232. The molecule has 0 unspecified atom stereocenters. The van der Waals surface area contributed by atoms with Crippen LogP contribution in [0.3, 0.4) is 0 Å². The predicted molar refractivity (Wildman–Crippen MR) is 129 cm³/mol. The van der Waals surface area contributed by atoms with Crippen molar-refractivity contribution >= 4 is 23.7 Å². The lowest BCUT2D eigenvalue weighted by atomic mass is 9.39. The van der Waals surface area contributed by atoms with Gasteiger partial charge in [0, 0.05) is 24.7 Å². The van der Waals surface area contributed by atoms with E-state index in [0.717, 1.165) is 6.92 Å². The molecule has 1 aliphatic heterocycles. The number of hydrogen-bond acceptors (Lipinski definition) is 11. The van der Waals surface area contributed by atoms with Crippen LogP contribution >= 0.6 is 0 Å². The highest BCUT2D eigenvalue weighted by Crippen LogP contribution is 2.67. The smallest absolute Gasteiger partial charge is 0.344 e. The fourth-order valence-corrected chi connectivity index (χ4v) is 7.13. The molecule has 2 aliphatic carbocycles. The molecule has 11 nitrogen and oxygen atoms in total. The molecule has 0 spiro atoms. The molecule has 2 saturated carbocycles. The van der Waals surface area contributed by atoms with E-state index in [9.17, 15) is 29.4 Å². The molecule has 4 N–H and O–H groups in total. The van der Waals surface area contributed by atoms with E-state index in [1.54, 1.807) is 13.8 Å². The third-order valence-corrected chi connectivity index (χ3v) is 8.78. The van der Waals surface area contributed by atoms with Gasteiger partial charge in [0.2, 0.25) is 0 Å². The zero-order chi connectivity index (χ0) is 28.2. The maximum Gasteiger partial charge on any atom is 0.344 e. The third-order valence-electron chi connectivity index (χ3n) is 8.78. The van der Waals surface area contributed by atoms with Crippen molar-refractivity contribution in [3.63, 3.8) is 0 Å². The topological polar surface area (TPSA) is 172 Å². The second kappa shape index (κ2) is 9.44. The Labute approximate surface area is 216 Å². The minimum Gasteiger partial charge on any atom is -0.455 e. The van der Waals surface area contributed by atoms with Crippen LogP contribution in [-0.4, -0.2) is 82.2 Å². The number of nitrogens with two attached hydrogens (primary N) is 1. The van der Waals surface area contributed by atoms with E-state index in [1.165, 1.54) is 13.0 Å². The van der Waals surface area contributed by atoms with Gasteiger partial charge in [-0.15, -0.1) is 6.58 Å². The van der Waals surface area contributed by atoms with Gasteiger partial charge < -0.3 is 34.9 Å². The highest BCUT2D eigenvalue weighted by molar-refractivity contribution is 5.92. The van der Waals surface area contributed by atoms with E-state index in [1.807, 2.05) is 13.8 Å². The van der Waals surface area contributed by atoms with E-state index in [-0.39, 0.29) is 12.8 Å². The van der Waals surface area contributed by atoms with Crippen LogP contribution in [0.1, 0.15) is 60.8 Å². The lowest BCUT2D eigenvalue weighted by Gasteiger charge is -2.71. The molecule has 1 heterocycles. The third kappa shape index (κ3) is 4.29. The van der Waals surface area contributed by atoms with Crippen LogP contribution in [0.2, 0.25) is 0 Å². The zero-order valence-corrected chi connectivity index (χ0v) is 22.4. The summed E-state index contributed by atoms with van der Waals surface area (Å²) in [5, 5.41) is 23.9. The van der Waals surface area contributed by atoms with Crippen molar-refractivity contribution in [1.82, 2.24) is 0 Å². The Bertz CT molecular complexity index is 996. The number of aliphatic hydroxyl groups is 2. The Hall–Kier alpha value is -2.34. The van der Waals surface area contributed by atoms with Crippen LogP contribution < -0.4 is 5.73 Å². The summed E-state index contributed by atoms with van der Waals surface area (Å²) in [5.74, 6) is -4.01. The molecule has 37 heavy (non-hydrogen) atoms. The van der Waals surface area contributed by atoms with Crippen molar-refractivity contribution in [2.45, 2.75) is 95.9 Å². The molecular formula is C26H39NO10. The van der Waals surface area contributed by atoms with Gasteiger partial charge in [-0.1, -0.05) is 26.8 Å². The minimum atomic E-state index is -2.33. The molecule has 208 valence electrons. The summed E-state index contributed by atoms with van der Waals surface area (Å²) in [6, 6.07) is 0. The normalized spacial score (nSPS) is 42.6. The average Bonchev–Trinajstić information content (AvgIpc) is 2.80. The summed E-state index contributed by atoms with van der Waals surface area (Å²) in [4.78, 5) is 50.7. The van der Waals surface area contributed by atoms with E-state index >= 15 is 0 Å². The average molecular weight is 526 g/mol. The van der Waals surface area contributed by atoms with E-state index in [2.05, 4.69) is 6.58 Å². The van der Waals surface area contributed by atoms with Gasteiger partial charge in [0.05, 0.1) is 18.2 Å². The SMILES string of the molecule is C=C[C@@]1(C)CC(=O)[C@]2(O)[C@@]3(C)[C@@H](O)CCC(C)(C)[C@@H]3[C@H](OC(=O)COC(=O)CN)[C@H](OC(C)=O)[C@@]2(C)O1. The van der Waals surface area contributed by atoms with Crippen molar-refractivity contribution < 1.29 is 48.3 Å². The van der Waals surface area contributed by atoms with Crippen molar-refractivity contribution in [3.05, 3.63) is 12.7 Å². The van der Waals surface area contributed by atoms with Crippen LogP contribution in [0.4, 0.5) is 0 Å². The quantitative estimate of drug-likeness (QED) is 0.251. The van der Waals surface area contributed by atoms with Gasteiger partial charge in [-0.3, -0.25) is 14.4 Å². The predicted octanol–water partition coefficient (Wildman–Crippen LogP) is 0.573. The molecule has 3 aliphatic rings. The Morgan fingerprint density at radius 3 is 2.32 bits per heavy atom. The van der Waals surface area contributed by atoms with Crippen molar-refractivity contribution in [3.8, 4) is 0 Å². The second-order valence-electron chi connectivity index (χ2n) is 11.7. The Morgan fingerprint density at radius 2 is 1.78 bits per heavy atom. The molecule has 0 aromatic heterocycles. The molecule has 0 bridgehead atoms. The van der Waals surface area contributed by atoms with Gasteiger partial charge in [0.1, 0.15) is 11.7 Å². The van der Waals surface area contributed by atoms with Gasteiger partial charge in [0.15, 0.2) is 24.1 Å². The molecule has 3 fully saturated rings. The van der Waals surface area contributed by atoms with E-state index in [4.69, 9.17) is 24.7 Å². The van der Waals surface area contributed by atoms with E-state index in [0.29, 0.717) is 6.42 Å². The number of ether oxygens (including phenoxy) is 4. The van der Waals surface area contributed by atoms with Gasteiger partial charge in [-0.2, -0.15) is 0 Å². The number of esters is 3. The molecule has 3 rings (SSSR count). The number of rotatable bonds is 6. The fourth-order valence-electron chi connectivity index (χ4n) is 7.13. The number of fused-ring (bicyclic) bond motifs is 3. The second-order valence-corrected chi connectivity index (χ2v) is 11.7. The van der Waals surface area contributed by atoms with Crippen molar-refractivity contribution in [2.24, 2.45) is 22.5 Å². The Morgan fingerprint density at radius 1 is 1.16 bits per heavy atom.